The number of piperidine rings is 1. The third kappa shape index (κ3) is 2.59. The Morgan fingerprint density at radius 1 is 1.45 bits per heavy atom. The molecule has 0 radical (unpaired) electrons. The standard InChI is InChI=1S/C15H23N3O2/c1-3-17-8-6-13-12(10-17)16-14(20-13)15(19)18-7-4-5-11(2)9-18/h11H,3-10H2,1-2H3/t11-/m1/s1. The number of rotatable bonds is 2. The molecule has 0 unspecified atom stereocenters. The Morgan fingerprint density at radius 2 is 2.30 bits per heavy atom. The van der Waals surface area contributed by atoms with Crippen LogP contribution in [0.3, 0.4) is 0 Å². The number of oxazole rings is 1. The molecule has 0 saturated carbocycles. The van der Waals surface area contributed by atoms with E-state index in [1.165, 1.54) is 6.42 Å². The lowest BCUT2D eigenvalue weighted by Gasteiger charge is -2.29. The van der Waals surface area contributed by atoms with Gasteiger partial charge in [-0.05, 0) is 25.3 Å². The Hall–Kier alpha value is -1.36. The number of hydrogen-bond acceptors (Lipinski definition) is 4. The predicted octanol–water partition coefficient (Wildman–Crippen LogP) is 1.92. The second-order valence-corrected chi connectivity index (χ2v) is 6.01. The maximum absolute atomic E-state index is 12.5. The molecule has 1 fully saturated rings. The minimum atomic E-state index is -0.0333. The number of carbonyl (C=O) groups is 1. The van der Waals surface area contributed by atoms with E-state index < -0.39 is 0 Å². The highest BCUT2D eigenvalue weighted by atomic mass is 16.4. The van der Waals surface area contributed by atoms with E-state index in [-0.39, 0.29) is 5.91 Å². The number of amides is 1. The van der Waals surface area contributed by atoms with Crippen molar-refractivity contribution in [3.05, 3.63) is 17.3 Å². The van der Waals surface area contributed by atoms with Crippen molar-refractivity contribution >= 4 is 5.91 Å². The Kier molecular flexibility index (Phi) is 3.78. The summed E-state index contributed by atoms with van der Waals surface area (Å²) in [6, 6.07) is 0. The molecule has 5 heteroatoms. The molecule has 2 aliphatic heterocycles. The monoisotopic (exact) mass is 277 g/mol. The Balaban J connectivity index is 1.74. The van der Waals surface area contributed by atoms with Crippen LogP contribution in [0.25, 0.3) is 0 Å². The van der Waals surface area contributed by atoms with Crippen molar-refractivity contribution in [2.24, 2.45) is 5.92 Å². The van der Waals surface area contributed by atoms with Gasteiger partial charge in [0, 0.05) is 32.6 Å². The zero-order valence-electron chi connectivity index (χ0n) is 12.4. The smallest absolute Gasteiger partial charge is 0.309 e. The van der Waals surface area contributed by atoms with Gasteiger partial charge in [-0.1, -0.05) is 13.8 Å². The number of fused-ring (bicyclic) bond motifs is 1. The van der Waals surface area contributed by atoms with Gasteiger partial charge >= 0.3 is 5.91 Å². The topological polar surface area (TPSA) is 49.6 Å². The zero-order valence-corrected chi connectivity index (χ0v) is 12.4. The highest BCUT2D eigenvalue weighted by Gasteiger charge is 2.28. The average molecular weight is 277 g/mol. The van der Waals surface area contributed by atoms with Gasteiger partial charge in [-0.3, -0.25) is 9.69 Å². The average Bonchev–Trinajstić information content (AvgIpc) is 2.89. The van der Waals surface area contributed by atoms with Crippen molar-refractivity contribution in [3.8, 4) is 0 Å². The molecule has 110 valence electrons. The Morgan fingerprint density at radius 3 is 3.05 bits per heavy atom. The van der Waals surface area contributed by atoms with Crippen LogP contribution < -0.4 is 0 Å². The number of likely N-dealkylation sites (N-methyl/N-ethyl adjacent to an activating group) is 1. The molecule has 5 nitrogen and oxygen atoms in total. The molecule has 1 saturated heterocycles. The van der Waals surface area contributed by atoms with E-state index in [0.29, 0.717) is 11.8 Å². The second-order valence-electron chi connectivity index (χ2n) is 6.01. The fraction of sp³-hybridized carbons (Fsp3) is 0.733. The highest BCUT2D eigenvalue weighted by Crippen LogP contribution is 2.22. The number of aromatic nitrogens is 1. The molecule has 1 amide bonds. The first kappa shape index (κ1) is 13.6. The lowest BCUT2D eigenvalue weighted by atomic mass is 10.0. The summed E-state index contributed by atoms with van der Waals surface area (Å²) >= 11 is 0. The van der Waals surface area contributed by atoms with Crippen LogP contribution in [0.1, 0.15) is 48.8 Å². The molecule has 3 heterocycles. The van der Waals surface area contributed by atoms with Crippen molar-refractivity contribution < 1.29 is 9.21 Å². The van der Waals surface area contributed by atoms with Crippen LogP contribution in [0.15, 0.2) is 4.42 Å². The van der Waals surface area contributed by atoms with E-state index >= 15 is 0 Å². The van der Waals surface area contributed by atoms with Gasteiger partial charge in [0.15, 0.2) is 0 Å². The minimum absolute atomic E-state index is 0.0333. The SMILES string of the molecule is CCN1CCc2oc(C(=O)N3CCC[C@@H](C)C3)nc2C1. The molecule has 20 heavy (non-hydrogen) atoms. The first-order chi connectivity index (χ1) is 9.67. The molecule has 0 bridgehead atoms. The van der Waals surface area contributed by atoms with Gasteiger partial charge in [0.1, 0.15) is 5.76 Å². The molecule has 0 aliphatic carbocycles. The molecule has 3 rings (SSSR count). The molecular weight excluding hydrogens is 254 g/mol. The Bertz CT molecular complexity index is 497. The van der Waals surface area contributed by atoms with Crippen molar-refractivity contribution in [2.75, 3.05) is 26.2 Å². The fourth-order valence-electron chi connectivity index (χ4n) is 3.12. The Labute approximate surface area is 119 Å². The van der Waals surface area contributed by atoms with Gasteiger partial charge < -0.3 is 9.32 Å². The second kappa shape index (κ2) is 5.56. The molecule has 1 aromatic heterocycles. The van der Waals surface area contributed by atoms with Gasteiger partial charge in [-0.2, -0.15) is 0 Å². The summed E-state index contributed by atoms with van der Waals surface area (Å²) in [6.45, 7) is 8.81. The first-order valence-electron chi connectivity index (χ1n) is 7.67. The zero-order chi connectivity index (χ0) is 14.1. The predicted molar refractivity (Wildman–Crippen MR) is 75.5 cm³/mol. The lowest BCUT2D eigenvalue weighted by Crippen LogP contribution is -2.39. The molecular formula is C15H23N3O2. The summed E-state index contributed by atoms with van der Waals surface area (Å²) < 4.78 is 5.72. The van der Waals surface area contributed by atoms with Crippen molar-refractivity contribution in [2.45, 2.75) is 39.7 Å². The van der Waals surface area contributed by atoms with Crippen LogP contribution in [0.4, 0.5) is 0 Å². The first-order valence-corrected chi connectivity index (χ1v) is 7.67. The quantitative estimate of drug-likeness (QED) is 0.829. The summed E-state index contributed by atoms with van der Waals surface area (Å²) in [5.41, 5.74) is 0.950. The molecule has 0 N–H and O–H groups in total. The third-order valence-corrected chi connectivity index (χ3v) is 4.38. The lowest BCUT2D eigenvalue weighted by molar-refractivity contribution is 0.0640. The van der Waals surface area contributed by atoms with Crippen LogP contribution in [0.5, 0.6) is 0 Å². The fourth-order valence-corrected chi connectivity index (χ4v) is 3.12. The minimum Gasteiger partial charge on any atom is -0.437 e. The van der Waals surface area contributed by atoms with Crippen molar-refractivity contribution in [1.82, 2.24) is 14.8 Å². The van der Waals surface area contributed by atoms with E-state index in [1.54, 1.807) is 0 Å². The summed E-state index contributed by atoms with van der Waals surface area (Å²) in [5.74, 6) is 1.74. The van der Waals surface area contributed by atoms with Crippen LogP contribution in [-0.4, -0.2) is 46.9 Å². The maximum Gasteiger partial charge on any atom is 0.309 e. The maximum atomic E-state index is 12.5. The molecule has 0 spiro atoms. The summed E-state index contributed by atoms with van der Waals surface area (Å²) in [7, 11) is 0. The van der Waals surface area contributed by atoms with E-state index in [9.17, 15) is 4.79 Å². The summed E-state index contributed by atoms with van der Waals surface area (Å²) in [6.07, 6.45) is 3.15. The van der Waals surface area contributed by atoms with Crippen LogP contribution >= 0.6 is 0 Å². The van der Waals surface area contributed by atoms with E-state index in [0.717, 1.165) is 57.0 Å². The third-order valence-electron chi connectivity index (χ3n) is 4.38. The van der Waals surface area contributed by atoms with E-state index in [2.05, 4.69) is 23.7 Å². The van der Waals surface area contributed by atoms with Crippen molar-refractivity contribution in [3.63, 3.8) is 0 Å². The van der Waals surface area contributed by atoms with Crippen LogP contribution in [0, 0.1) is 5.92 Å². The molecule has 1 atom stereocenters. The van der Waals surface area contributed by atoms with Gasteiger partial charge in [-0.15, -0.1) is 0 Å². The number of hydrogen-bond donors (Lipinski definition) is 0. The van der Waals surface area contributed by atoms with E-state index in [4.69, 9.17) is 4.42 Å². The molecule has 1 aromatic rings. The molecule has 0 aromatic carbocycles. The summed E-state index contributed by atoms with van der Waals surface area (Å²) in [5, 5.41) is 0. The summed E-state index contributed by atoms with van der Waals surface area (Å²) in [4.78, 5) is 21.1. The highest BCUT2D eigenvalue weighted by molar-refractivity contribution is 5.89. The molecule has 2 aliphatic rings. The van der Waals surface area contributed by atoms with Crippen LogP contribution in [0.2, 0.25) is 0 Å². The van der Waals surface area contributed by atoms with Gasteiger partial charge in [0.25, 0.3) is 5.89 Å². The van der Waals surface area contributed by atoms with Crippen molar-refractivity contribution in [1.29, 1.82) is 0 Å². The van der Waals surface area contributed by atoms with Gasteiger partial charge in [0.2, 0.25) is 0 Å². The number of carbonyl (C=O) groups excluding carboxylic acids is 1. The van der Waals surface area contributed by atoms with Gasteiger partial charge in [0.05, 0.1) is 5.69 Å². The number of nitrogens with zero attached hydrogens (tertiary/aromatic N) is 3. The van der Waals surface area contributed by atoms with Crippen LogP contribution in [-0.2, 0) is 13.0 Å². The normalized spacial score (nSPS) is 23.7. The number of likely N-dealkylation sites (tertiary alicyclic amines) is 1. The van der Waals surface area contributed by atoms with Gasteiger partial charge in [-0.25, -0.2) is 4.98 Å². The largest absolute Gasteiger partial charge is 0.437 e. The van der Waals surface area contributed by atoms with E-state index in [1.807, 2.05) is 4.90 Å².